The van der Waals surface area contributed by atoms with Crippen molar-refractivity contribution in [2.45, 2.75) is 26.8 Å². The Labute approximate surface area is 133 Å². The Morgan fingerprint density at radius 1 is 1.33 bits per heavy atom. The first-order valence-corrected chi connectivity index (χ1v) is 7.40. The highest BCUT2D eigenvalue weighted by atomic mass is 79.9. The summed E-state index contributed by atoms with van der Waals surface area (Å²) in [4.78, 5) is 23.4. The lowest BCUT2D eigenvalue weighted by atomic mass is 10.0. The quantitative estimate of drug-likeness (QED) is 0.794. The van der Waals surface area contributed by atoms with Gasteiger partial charge >= 0.3 is 5.97 Å². The second kappa shape index (κ2) is 8.02. The van der Waals surface area contributed by atoms with Crippen LogP contribution in [0.1, 0.15) is 19.4 Å². The number of aryl methyl sites for hydroxylation is 1. The fraction of sp³-hybridized carbons (Fsp3) is 0.467. The van der Waals surface area contributed by atoms with Crippen molar-refractivity contribution in [2.75, 3.05) is 13.7 Å². The summed E-state index contributed by atoms with van der Waals surface area (Å²) in [5.41, 5.74) is 1.09. The molecule has 1 N–H and O–H groups in total. The molecule has 1 aromatic rings. The van der Waals surface area contributed by atoms with Crippen LogP contribution in [0.5, 0.6) is 5.75 Å². The van der Waals surface area contributed by atoms with Gasteiger partial charge < -0.3 is 14.8 Å². The Morgan fingerprint density at radius 3 is 2.52 bits per heavy atom. The van der Waals surface area contributed by atoms with Gasteiger partial charge in [0.05, 0.1) is 11.6 Å². The Balaban J connectivity index is 2.58. The van der Waals surface area contributed by atoms with Gasteiger partial charge in [-0.1, -0.05) is 19.9 Å². The second-order valence-corrected chi connectivity index (χ2v) is 5.89. The Hall–Kier alpha value is -1.56. The highest BCUT2D eigenvalue weighted by molar-refractivity contribution is 9.10. The fourth-order valence-electron chi connectivity index (χ4n) is 1.71. The van der Waals surface area contributed by atoms with Crippen molar-refractivity contribution in [3.8, 4) is 5.75 Å². The summed E-state index contributed by atoms with van der Waals surface area (Å²) in [6.07, 6.45) is 0. The van der Waals surface area contributed by atoms with Crippen LogP contribution in [0.15, 0.2) is 22.7 Å². The molecule has 0 fully saturated rings. The number of ether oxygens (including phenoxy) is 2. The maximum Gasteiger partial charge on any atom is 0.328 e. The number of rotatable bonds is 6. The molecule has 1 aromatic carbocycles. The van der Waals surface area contributed by atoms with Gasteiger partial charge in [-0.2, -0.15) is 0 Å². The van der Waals surface area contributed by atoms with E-state index in [9.17, 15) is 9.59 Å². The van der Waals surface area contributed by atoms with E-state index in [0.29, 0.717) is 5.75 Å². The van der Waals surface area contributed by atoms with E-state index >= 15 is 0 Å². The Kier molecular flexibility index (Phi) is 6.68. The van der Waals surface area contributed by atoms with Gasteiger partial charge in [-0.25, -0.2) is 4.79 Å². The molecule has 0 heterocycles. The molecular weight excluding hydrogens is 338 g/mol. The van der Waals surface area contributed by atoms with Crippen LogP contribution < -0.4 is 10.1 Å². The smallest absolute Gasteiger partial charge is 0.328 e. The standard InChI is InChI=1S/C15H20BrNO4/c1-9(2)14(15(19)20-4)17-13(18)8-21-12-6-5-10(3)7-11(12)16/h5-7,9,14H,8H2,1-4H3,(H,17,18). The molecule has 0 aliphatic heterocycles. The topological polar surface area (TPSA) is 64.6 Å². The first kappa shape index (κ1) is 17.5. The van der Waals surface area contributed by atoms with E-state index in [1.54, 1.807) is 6.07 Å². The van der Waals surface area contributed by atoms with Gasteiger partial charge in [0.25, 0.3) is 5.91 Å². The molecule has 0 saturated heterocycles. The van der Waals surface area contributed by atoms with Crippen molar-refractivity contribution in [1.82, 2.24) is 5.32 Å². The van der Waals surface area contributed by atoms with Crippen LogP contribution in [-0.2, 0) is 14.3 Å². The van der Waals surface area contributed by atoms with Crippen molar-refractivity contribution in [2.24, 2.45) is 5.92 Å². The summed E-state index contributed by atoms with van der Waals surface area (Å²) >= 11 is 3.37. The zero-order valence-electron chi connectivity index (χ0n) is 12.6. The number of benzene rings is 1. The van der Waals surface area contributed by atoms with Gasteiger partial charge in [0, 0.05) is 0 Å². The van der Waals surface area contributed by atoms with Crippen molar-refractivity contribution < 1.29 is 19.1 Å². The van der Waals surface area contributed by atoms with Crippen LogP contribution in [-0.4, -0.2) is 31.6 Å². The molecule has 0 aliphatic rings. The van der Waals surface area contributed by atoms with Gasteiger partial charge in [-0.3, -0.25) is 4.79 Å². The lowest BCUT2D eigenvalue weighted by molar-refractivity contribution is -0.146. The molecule has 1 unspecified atom stereocenters. The van der Waals surface area contributed by atoms with Gasteiger partial charge in [-0.05, 0) is 46.5 Å². The molecule has 0 bridgehead atoms. The monoisotopic (exact) mass is 357 g/mol. The lowest BCUT2D eigenvalue weighted by Crippen LogP contribution is -2.46. The average Bonchev–Trinajstić information content (AvgIpc) is 2.42. The largest absolute Gasteiger partial charge is 0.483 e. The van der Waals surface area contributed by atoms with E-state index in [4.69, 9.17) is 4.74 Å². The molecular formula is C15H20BrNO4. The van der Waals surface area contributed by atoms with Crippen molar-refractivity contribution in [3.05, 3.63) is 28.2 Å². The summed E-state index contributed by atoms with van der Waals surface area (Å²) in [5.74, 6) is -0.316. The third kappa shape index (κ3) is 5.38. The van der Waals surface area contributed by atoms with Crippen LogP contribution in [0.2, 0.25) is 0 Å². The molecule has 1 atom stereocenters. The first-order valence-electron chi connectivity index (χ1n) is 6.61. The Bertz CT molecular complexity index is 516. The maximum atomic E-state index is 11.9. The fourth-order valence-corrected chi connectivity index (χ4v) is 2.31. The molecule has 116 valence electrons. The van der Waals surface area contributed by atoms with Gasteiger partial charge in [0.1, 0.15) is 11.8 Å². The normalized spacial score (nSPS) is 11.9. The summed E-state index contributed by atoms with van der Waals surface area (Å²) in [6, 6.07) is 4.90. The number of carbonyl (C=O) groups is 2. The molecule has 0 spiro atoms. The van der Waals surface area contributed by atoms with Crippen LogP contribution in [0.4, 0.5) is 0 Å². The number of hydrogen-bond donors (Lipinski definition) is 1. The summed E-state index contributed by atoms with van der Waals surface area (Å²) < 4.78 is 10.9. The average molecular weight is 358 g/mol. The maximum absolute atomic E-state index is 11.9. The van der Waals surface area contributed by atoms with Gasteiger partial charge in [-0.15, -0.1) is 0 Å². The molecule has 1 rings (SSSR count). The van der Waals surface area contributed by atoms with Crippen molar-refractivity contribution in [3.63, 3.8) is 0 Å². The summed E-state index contributed by atoms with van der Waals surface area (Å²) in [6.45, 7) is 5.46. The Morgan fingerprint density at radius 2 is 2.00 bits per heavy atom. The number of amides is 1. The van der Waals surface area contributed by atoms with E-state index in [-0.39, 0.29) is 18.4 Å². The van der Waals surface area contributed by atoms with E-state index in [2.05, 4.69) is 26.0 Å². The molecule has 5 nitrogen and oxygen atoms in total. The SMILES string of the molecule is COC(=O)C(NC(=O)COc1ccc(C)cc1Br)C(C)C. The summed E-state index contributed by atoms with van der Waals surface area (Å²) in [7, 11) is 1.30. The molecule has 1 amide bonds. The molecule has 6 heteroatoms. The molecule has 21 heavy (non-hydrogen) atoms. The van der Waals surface area contributed by atoms with E-state index < -0.39 is 12.0 Å². The highest BCUT2D eigenvalue weighted by Gasteiger charge is 2.24. The second-order valence-electron chi connectivity index (χ2n) is 5.03. The van der Waals surface area contributed by atoms with Crippen molar-refractivity contribution >= 4 is 27.8 Å². The van der Waals surface area contributed by atoms with Crippen LogP contribution in [0.3, 0.4) is 0 Å². The number of hydrogen-bond acceptors (Lipinski definition) is 4. The number of halogens is 1. The van der Waals surface area contributed by atoms with Crippen LogP contribution in [0.25, 0.3) is 0 Å². The zero-order valence-corrected chi connectivity index (χ0v) is 14.2. The van der Waals surface area contributed by atoms with E-state index in [1.165, 1.54) is 7.11 Å². The predicted octanol–water partition coefficient (Wildman–Crippen LogP) is 2.45. The predicted molar refractivity (Wildman–Crippen MR) is 83.2 cm³/mol. The third-order valence-corrected chi connectivity index (χ3v) is 3.50. The number of nitrogens with one attached hydrogen (secondary N) is 1. The van der Waals surface area contributed by atoms with Crippen LogP contribution >= 0.6 is 15.9 Å². The zero-order chi connectivity index (χ0) is 16.0. The van der Waals surface area contributed by atoms with Crippen molar-refractivity contribution in [1.29, 1.82) is 0 Å². The minimum Gasteiger partial charge on any atom is -0.483 e. The molecule has 0 aromatic heterocycles. The minimum atomic E-state index is -0.674. The number of carbonyl (C=O) groups excluding carboxylic acids is 2. The molecule has 0 saturated carbocycles. The minimum absolute atomic E-state index is 0.0625. The number of esters is 1. The van der Waals surface area contributed by atoms with Gasteiger partial charge in [0.15, 0.2) is 6.61 Å². The number of methoxy groups -OCH3 is 1. The highest BCUT2D eigenvalue weighted by Crippen LogP contribution is 2.25. The first-order chi connectivity index (χ1) is 9.85. The third-order valence-electron chi connectivity index (χ3n) is 2.88. The van der Waals surface area contributed by atoms with Crippen LogP contribution in [0, 0.1) is 12.8 Å². The van der Waals surface area contributed by atoms with E-state index in [0.717, 1.165) is 10.0 Å². The molecule has 0 aliphatic carbocycles. The summed E-state index contributed by atoms with van der Waals surface area (Å²) in [5, 5.41) is 2.61. The molecule has 0 radical (unpaired) electrons. The lowest BCUT2D eigenvalue weighted by Gasteiger charge is -2.19. The van der Waals surface area contributed by atoms with Gasteiger partial charge in [0.2, 0.25) is 0 Å². The van der Waals surface area contributed by atoms with E-state index in [1.807, 2.05) is 32.9 Å².